The van der Waals surface area contributed by atoms with Crippen LogP contribution in [0.1, 0.15) is 36.0 Å². The number of carboxylic acid groups (broad SMARTS) is 1. The third-order valence-electron chi connectivity index (χ3n) is 3.96. The number of halogens is 1. The van der Waals surface area contributed by atoms with Gasteiger partial charge in [0, 0.05) is 19.5 Å². The molecule has 1 aromatic carbocycles. The van der Waals surface area contributed by atoms with Crippen LogP contribution in [0.2, 0.25) is 0 Å². The van der Waals surface area contributed by atoms with Crippen LogP contribution < -0.4 is 0 Å². The molecular weight excluding hydrogens is 307 g/mol. The largest absolute Gasteiger partial charge is 0.481 e. The van der Waals surface area contributed by atoms with Gasteiger partial charge in [0.15, 0.2) is 0 Å². The number of nitro groups is 1. The van der Waals surface area contributed by atoms with Gasteiger partial charge in [0.1, 0.15) is 11.4 Å². The average Bonchev–Trinajstić information content (AvgIpc) is 2.52. The van der Waals surface area contributed by atoms with Crippen LogP contribution in [0.4, 0.5) is 10.1 Å². The first-order valence-corrected chi connectivity index (χ1v) is 7.33. The number of hydrogen-bond donors (Lipinski definition) is 1. The van der Waals surface area contributed by atoms with Crippen molar-refractivity contribution in [2.24, 2.45) is 5.92 Å². The molecule has 1 amide bonds. The topological polar surface area (TPSA) is 101 Å². The molecule has 0 spiro atoms. The molecule has 124 valence electrons. The van der Waals surface area contributed by atoms with Crippen LogP contribution in [0.3, 0.4) is 0 Å². The molecule has 0 radical (unpaired) electrons. The van der Waals surface area contributed by atoms with Crippen molar-refractivity contribution in [3.8, 4) is 0 Å². The molecule has 1 aliphatic rings. The zero-order valence-electron chi connectivity index (χ0n) is 12.4. The molecule has 2 rings (SSSR count). The lowest BCUT2D eigenvalue weighted by Gasteiger charge is -2.32. The summed E-state index contributed by atoms with van der Waals surface area (Å²) in [6, 6.07) is 2.88. The lowest BCUT2D eigenvalue weighted by atomic mass is 9.93. The normalized spacial score (nSPS) is 17.8. The number of nitro benzene ring substituents is 1. The van der Waals surface area contributed by atoms with Gasteiger partial charge in [-0.1, -0.05) is 0 Å². The van der Waals surface area contributed by atoms with E-state index in [2.05, 4.69) is 0 Å². The Morgan fingerprint density at radius 3 is 2.83 bits per heavy atom. The van der Waals surface area contributed by atoms with E-state index >= 15 is 0 Å². The summed E-state index contributed by atoms with van der Waals surface area (Å²) in [5.74, 6) is -2.12. The molecule has 23 heavy (non-hydrogen) atoms. The minimum Gasteiger partial charge on any atom is -0.481 e. The third-order valence-corrected chi connectivity index (χ3v) is 3.96. The number of carbonyl (C=O) groups is 2. The zero-order chi connectivity index (χ0) is 17.0. The number of rotatable bonds is 5. The van der Waals surface area contributed by atoms with E-state index in [0.29, 0.717) is 25.9 Å². The van der Waals surface area contributed by atoms with Crippen molar-refractivity contribution in [3.63, 3.8) is 0 Å². The average molecular weight is 324 g/mol. The minimum absolute atomic E-state index is 0.0311. The zero-order valence-corrected chi connectivity index (χ0v) is 12.4. The lowest BCUT2D eigenvalue weighted by molar-refractivity contribution is -0.385. The van der Waals surface area contributed by atoms with E-state index in [1.807, 2.05) is 0 Å². The molecule has 0 aromatic heterocycles. The summed E-state index contributed by atoms with van der Waals surface area (Å²) in [5.41, 5.74) is -0.696. The Kier molecular flexibility index (Phi) is 5.25. The number of amides is 1. The van der Waals surface area contributed by atoms with Gasteiger partial charge in [-0.3, -0.25) is 19.7 Å². The third kappa shape index (κ3) is 4.24. The molecule has 1 aromatic rings. The van der Waals surface area contributed by atoms with E-state index in [1.54, 1.807) is 0 Å². The second-order valence-electron chi connectivity index (χ2n) is 5.61. The van der Waals surface area contributed by atoms with E-state index < -0.39 is 28.3 Å². The molecule has 1 saturated heterocycles. The minimum atomic E-state index is -0.886. The van der Waals surface area contributed by atoms with Crippen molar-refractivity contribution in [1.82, 2.24) is 4.90 Å². The number of carboxylic acids is 1. The number of likely N-dealkylation sites (tertiary alicyclic amines) is 1. The molecular formula is C15H17FN2O5. The summed E-state index contributed by atoms with van der Waals surface area (Å²) in [6.45, 7) is 0.817. The van der Waals surface area contributed by atoms with Gasteiger partial charge in [-0.15, -0.1) is 0 Å². The summed E-state index contributed by atoms with van der Waals surface area (Å²) in [4.78, 5) is 34.9. The molecule has 7 nitrogen and oxygen atoms in total. The predicted molar refractivity (Wildman–Crippen MR) is 78.6 cm³/mol. The van der Waals surface area contributed by atoms with Crippen molar-refractivity contribution in [2.45, 2.75) is 25.7 Å². The van der Waals surface area contributed by atoms with E-state index in [0.717, 1.165) is 24.6 Å². The molecule has 0 aliphatic carbocycles. The second-order valence-corrected chi connectivity index (χ2v) is 5.61. The number of carbonyl (C=O) groups excluding carboxylic acids is 1. The Morgan fingerprint density at radius 1 is 1.43 bits per heavy atom. The fraction of sp³-hybridized carbons (Fsp3) is 0.467. The fourth-order valence-corrected chi connectivity index (χ4v) is 2.82. The molecule has 1 N–H and O–H groups in total. The van der Waals surface area contributed by atoms with Gasteiger partial charge in [-0.2, -0.15) is 0 Å². The first-order chi connectivity index (χ1) is 10.9. The van der Waals surface area contributed by atoms with Crippen molar-refractivity contribution < 1.29 is 24.0 Å². The van der Waals surface area contributed by atoms with Gasteiger partial charge in [-0.25, -0.2) is 4.39 Å². The maximum absolute atomic E-state index is 13.2. The van der Waals surface area contributed by atoms with E-state index in [-0.39, 0.29) is 17.9 Å². The van der Waals surface area contributed by atoms with Crippen molar-refractivity contribution in [1.29, 1.82) is 0 Å². The summed E-state index contributed by atoms with van der Waals surface area (Å²) in [7, 11) is 0. The van der Waals surface area contributed by atoms with Gasteiger partial charge in [0.2, 0.25) is 0 Å². The Balaban J connectivity index is 2.13. The Bertz CT molecular complexity index is 634. The SMILES string of the molecule is O=C(O)CCC1CCCN(C(=O)c2ccc(F)cc2[N+](=O)[O-])C1. The number of benzene rings is 1. The Morgan fingerprint density at radius 2 is 2.17 bits per heavy atom. The summed E-state index contributed by atoms with van der Waals surface area (Å²) in [5, 5.41) is 19.7. The number of aliphatic carboxylic acids is 1. The van der Waals surface area contributed by atoms with Crippen LogP contribution in [-0.2, 0) is 4.79 Å². The molecule has 1 atom stereocenters. The highest BCUT2D eigenvalue weighted by molar-refractivity contribution is 5.98. The van der Waals surface area contributed by atoms with E-state index in [1.165, 1.54) is 4.90 Å². The maximum atomic E-state index is 13.2. The highest BCUT2D eigenvalue weighted by Crippen LogP contribution is 2.26. The van der Waals surface area contributed by atoms with Crippen molar-refractivity contribution >= 4 is 17.6 Å². The monoisotopic (exact) mass is 324 g/mol. The molecule has 1 aliphatic heterocycles. The molecule has 0 saturated carbocycles. The van der Waals surface area contributed by atoms with E-state index in [4.69, 9.17) is 5.11 Å². The predicted octanol–water partition coefficient (Wildman–Crippen LogP) is 2.45. The van der Waals surface area contributed by atoms with Gasteiger partial charge in [-0.05, 0) is 37.3 Å². The smallest absolute Gasteiger partial charge is 0.303 e. The summed E-state index contributed by atoms with van der Waals surface area (Å²) < 4.78 is 13.2. The van der Waals surface area contributed by atoms with Crippen LogP contribution in [-0.4, -0.2) is 39.9 Å². The van der Waals surface area contributed by atoms with Gasteiger partial charge in [0.25, 0.3) is 11.6 Å². The molecule has 0 bridgehead atoms. The van der Waals surface area contributed by atoms with Crippen molar-refractivity contribution in [3.05, 3.63) is 39.7 Å². The van der Waals surface area contributed by atoms with Crippen LogP contribution in [0.25, 0.3) is 0 Å². The van der Waals surface area contributed by atoms with Gasteiger partial charge >= 0.3 is 5.97 Å². The van der Waals surface area contributed by atoms with Gasteiger partial charge in [0.05, 0.1) is 11.0 Å². The molecule has 1 fully saturated rings. The quantitative estimate of drug-likeness (QED) is 0.662. The molecule has 8 heteroatoms. The standard InChI is InChI=1S/C15H17FN2O5/c16-11-4-5-12(13(8-11)18(22)23)15(21)17-7-1-2-10(9-17)3-6-14(19)20/h4-5,8,10H,1-3,6-7,9H2,(H,19,20). The van der Waals surface area contributed by atoms with Crippen LogP contribution in [0.5, 0.6) is 0 Å². The summed E-state index contributed by atoms with van der Waals surface area (Å²) >= 11 is 0. The number of hydrogen-bond acceptors (Lipinski definition) is 4. The fourth-order valence-electron chi connectivity index (χ4n) is 2.82. The number of nitrogens with zero attached hydrogens (tertiary/aromatic N) is 2. The highest BCUT2D eigenvalue weighted by atomic mass is 19.1. The Hall–Kier alpha value is -2.51. The lowest BCUT2D eigenvalue weighted by Crippen LogP contribution is -2.40. The second kappa shape index (κ2) is 7.17. The molecule has 1 unspecified atom stereocenters. The van der Waals surface area contributed by atoms with E-state index in [9.17, 15) is 24.1 Å². The first kappa shape index (κ1) is 16.9. The summed E-state index contributed by atoms with van der Waals surface area (Å²) in [6.07, 6.45) is 2.03. The molecule has 1 heterocycles. The number of piperidine rings is 1. The maximum Gasteiger partial charge on any atom is 0.303 e. The van der Waals surface area contributed by atoms with Crippen LogP contribution in [0.15, 0.2) is 18.2 Å². The van der Waals surface area contributed by atoms with Crippen LogP contribution in [0, 0.1) is 21.8 Å². The Labute approximate surface area is 131 Å². The highest BCUT2D eigenvalue weighted by Gasteiger charge is 2.29. The first-order valence-electron chi connectivity index (χ1n) is 7.33. The van der Waals surface area contributed by atoms with Gasteiger partial charge < -0.3 is 10.0 Å². The van der Waals surface area contributed by atoms with Crippen LogP contribution >= 0.6 is 0 Å². The van der Waals surface area contributed by atoms with Crippen molar-refractivity contribution in [2.75, 3.05) is 13.1 Å².